The third-order valence-corrected chi connectivity index (χ3v) is 4.97. The first-order valence-electron chi connectivity index (χ1n) is 9.07. The summed E-state index contributed by atoms with van der Waals surface area (Å²) in [4.78, 5) is 16.1. The number of amides is 1. The zero-order valence-corrected chi connectivity index (χ0v) is 15.6. The quantitative estimate of drug-likeness (QED) is 0.766. The Morgan fingerprint density at radius 1 is 1.03 bits per heavy atom. The molecule has 1 N–H and O–H groups in total. The number of hydrogen-bond donors (Lipinski definition) is 1. The van der Waals surface area contributed by atoms with Crippen molar-refractivity contribution in [1.29, 1.82) is 0 Å². The van der Waals surface area contributed by atoms with Crippen LogP contribution in [0, 0.1) is 11.6 Å². The summed E-state index contributed by atoms with van der Waals surface area (Å²) in [6.45, 7) is 3.40. The Hall–Kier alpha value is -2.68. The first kappa shape index (κ1) is 21.0. The van der Waals surface area contributed by atoms with Crippen LogP contribution in [0.5, 0.6) is 0 Å². The van der Waals surface area contributed by atoms with E-state index in [0.717, 1.165) is 30.3 Å². The minimum absolute atomic E-state index is 0.232. The van der Waals surface area contributed by atoms with E-state index in [9.17, 15) is 26.7 Å². The number of nitrogens with one attached hydrogen (secondary N) is 1. The number of carbonyl (C=O) groups excluding carboxylic acids is 1. The molecule has 1 amide bonds. The van der Waals surface area contributed by atoms with Gasteiger partial charge >= 0.3 is 6.18 Å². The van der Waals surface area contributed by atoms with Crippen LogP contribution < -0.4 is 10.2 Å². The number of nitrogens with zero attached hydrogens (tertiary/aromatic N) is 2. The summed E-state index contributed by atoms with van der Waals surface area (Å²) in [5.74, 6) is -1.88. The zero-order valence-electron chi connectivity index (χ0n) is 15.6. The molecule has 0 bridgehead atoms. The van der Waals surface area contributed by atoms with Crippen molar-refractivity contribution in [2.24, 2.45) is 0 Å². The lowest BCUT2D eigenvalue weighted by Crippen LogP contribution is -2.52. The second-order valence-corrected chi connectivity index (χ2v) is 6.86. The van der Waals surface area contributed by atoms with Gasteiger partial charge in [0.2, 0.25) is 5.91 Å². The Kier molecular flexibility index (Phi) is 6.07. The van der Waals surface area contributed by atoms with Crippen molar-refractivity contribution in [3.8, 4) is 0 Å². The summed E-state index contributed by atoms with van der Waals surface area (Å²) < 4.78 is 65.7. The maximum atomic E-state index is 13.7. The number of anilines is 2. The summed E-state index contributed by atoms with van der Waals surface area (Å²) in [5.41, 5.74) is -0.467. The van der Waals surface area contributed by atoms with Crippen molar-refractivity contribution in [2.45, 2.75) is 19.1 Å². The largest absolute Gasteiger partial charge is 0.416 e. The second-order valence-electron chi connectivity index (χ2n) is 6.86. The number of benzene rings is 2. The van der Waals surface area contributed by atoms with Gasteiger partial charge in [-0.05, 0) is 37.3 Å². The van der Waals surface area contributed by atoms with Gasteiger partial charge in [-0.1, -0.05) is 6.07 Å². The molecule has 0 radical (unpaired) electrons. The Balaban J connectivity index is 1.60. The van der Waals surface area contributed by atoms with E-state index >= 15 is 0 Å². The van der Waals surface area contributed by atoms with Crippen LogP contribution in [-0.2, 0) is 11.0 Å². The van der Waals surface area contributed by atoms with Gasteiger partial charge in [0.05, 0.1) is 17.3 Å². The Morgan fingerprint density at radius 3 is 2.38 bits per heavy atom. The molecule has 0 unspecified atom stereocenters. The molecule has 0 aliphatic carbocycles. The second kappa shape index (κ2) is 8.36. The van der Waals surface area contributed by atoms with Crippen LogP contribution in [-0.4, -0.2) is 43.0 Å². The Labute approximate surface area is 164 Å². The number of rotatable bonds is 4. The van der Waals surface area contributed by atoms with Crippen LogP contribution in [0.1, 0.15) is 12.5 Å². The molecule has 3 rings (SSSR count). The lowest BCUT2D eigenvalue weighted by molar-refractivity contribution is -0.137. The predicted molar refractivity (Wildman–Crippen MR) is 99.7 cm³/mol. The molecule has 9 heteroatoms. The van der Waals surface area contributed by atoms with Crippen molar-refractivity contribution < 1.29 is 26.7 Å². The maximum Gasteiger partial charge on any atom is 0.416 e. The van der Waals surface area contributed by atoms with Crippen molar-refractivity contribution in [2.75, 3.05) is 36.4 Å². The van der Waals surface area contributed by atoms with Crippen LogP contribution in [0.4, 0.5) is 33.3 Å². The minimum atomic E-state index is -4.41. The van der Waals surface area contributed by atoms with E-state index in [1.807, 2.05) is 9.80 Å². The standard InChI is InChI=1S/C20H20F5N3O/c1-13(19(29)26-18-12-15(21)5-6-17(18)22)27-7-9-28(10-8-27)16-4-2-3-14(11-16)20(23,24)25/h2-6,11-13H,7-10H2,1H3,(H,26,29)/t13-/m0/s1. The summed E-state index contributed by atoms with van der Waals surface area (Å²) in [7, 11) is 0. The van der Waals surface area contributed by atoms with Gasteiger partial charge in [-0.25, -0.2) is 8.78 Å². The molecule has 2 aromatic rings. The highest BCUT2D eigenvalue weighted by molar-refractivity contribution is 5.94. The van der Waals surface area contributed by atoms with Crippen LogP contribution in [0.3, 0.4) is 0 Å². The number of alkyl halides is 3. The monoisotopic (exact) mass is 413 g/mol. The van der Waals surface area contributed by atoms with E-state index < -0.39 is 35.3 Å². The third-order valence-electron chi connectivity index (χ3n) is 4.97. The highest BCUT2D eigenvalue weighted by Crippen LogP contribution is 2.32. The average Bonchev–Trinajstić information content (AvgIpc) is 2.69. The molecule has 29 heavy (non-hydrogen) atoms. The van der Waals surface area contributed by atoms with Crippen molar-refractivity contribution in [3.63, 3.8) is 0 Å². The van der Waals surface area contributed by atoms with Crippen molar-refractivity contribution in [3.05, 3.63) is 59.7 Å². The summed E-state index contributed by atoms with van der Waals surface area (Å²) in [6, 6.07) is 7.32. The first-order valence-corrected chi connectivity index (χ1v) is 9.07. The Bertz CT molecular complexity index is 879. The summed E-state index contributed by atoms with van der Waals surface area (Å²) in [6.07, 6.45) is -4.41. The fourth-order valence-electron chi connectivity index (χ4n) is 3.24. The SMILES string of the molecule is C[C@@H](C(=O)Nc1cc(F)ccc1F)N1CCN(c2cccc(C(F)(F)F)c2)CC1. The number of piperazine rings is 1. The first-order chi connectivity index (χ1) is 13.6. The molecule has 0 saturated carbocycles. The van der Waals surface area contributed by atoms with E-state index in [1.165, 1.54) is 6.07 Å². The van der Waals surface area contributed by atoms with Crippen LogP contribution in [0.25, 0.3) is 0 Å². The van der Waals surface area contributed by atoms with Crippen LogP contribution in [0.2, 0.25) is 0 Å². The van der Waals surface area contributed by atoms with Crippen molar-refractivity contribution >= 4 is 17.3 Å². The van der Waals surface area contributed by atoms with Gasteiger partial charge in [-0.15, -0.1) is 0 Å². The lowest BCUT2D eigenvalue weighted by Gasteiger charge is -2.38. The smallest absolute Gasteiger partial charge is 0.369 e. The van der Waals surface area contributed by atoms with Crippen LogP contribution >= 0.6 is 0 Å². The van der Waals surface area contributed by atoms with E-state index in [4.69, 9.17) is 0 Å². The van der Waals surface area contributed by atoms with Gasteiger partial charge in [0.25, 0.3) is 0 Å². The molecular weight excluding hydrogens is 393 g/mol. The highest BCUT2D eigenvalue weighted by Gasteiger charge is 2.31. The topological polar surface area (TPSA) is 35.6 Å². The molecule has 0 aromatic heterocycles. The molecule has 1 aliphatic heterocycles. The molecular formula is C20H20F5N3O. The third kappa shape index (κ3) is 5.03. The van der Waals surface area contributed by atoms with Gasteiger partial charge in [0.1, 0.15) is 11.6 Å². The number of hydrogen-bond acceptors (Lipinski definition) is 3. The molecule has 4 nitrogen and oxygen atoms in total. The number of carbonyl (C=O) groups is 1. The molecule has 1 heterocycles. The number of halogens is 5. The molecule has 1 saturated heterocycles. The molecule has 0 spiro atoms. The van der Waals surface area contributed by atoms with E-state index in [0.29, 0.717) is 31.9 Å². The predicted octanol–water partition coefficient (Wildman–Crippen LogP) is 4.13. The molecule has 1 atom stereocenters. The van der Waals surface area contributed by atoms with Gasteiger partial charge in [0, 0.05) is 37.9 Å². The van der Waals surface area contributed by atoms with Gasteiger partial charge in [0.15, 0.2) is 0 Å². The Morgan fingerprint density at radius 2 is 1.72 bits per heavy atom. The van der Waals surface area contributed by atoms with Gasteiger partial charge < -0.3 is 10.2 Å². The zero-order chi connectivity index (χ0) is 21.2. The van der Waals surface area contributed by atoms with Gasteiger partial charge in [-0.2, -0.15) is 13.2 Å². The fraction of sp³-hybridized carbons (Fsp3) is 0.350. The molecule has 1 aliphatic rings. The van der Waals surface area contributed by atoms with E-state index in [2.05, 4.69) is 5.32 Å². The van der Waals surface area contributed by atoms with Crippen LogP contribution in [0.15, 0.2) is 42.5 Å². The highest BCUT2D eigenvalue weighted by atomic mass is 19.4. The van der Waals surface area contributed by atoms with Gasteiger partial charge in [-0.3, -0.25) is 9.69 Å². The summed E-state index contributed by atoms with van der Waals surface area (Å²) in [5, 5.41) is 2.38. The van der Waals surface area contributed by atoms with E-state index in [1.54, 1.807) is 13.0 Å². The summed E-state index contributed by atoms with van der Waals surface area (Å²) >= 11 is 0. The lowest BCUT2D eigenvalue weighted by atomic mass is 10.1. The minimum Gasteiger partial charge on any atom is -0.369 e. The maximum absolute atomic E-state index is 13.7. The molecule has 2 aromatic carbocycles. The molecule has 156 valence electrons. The molecule has 1 fully saturated rings. The van der Waals surface area contributed by atoms with E-state index in [-0.39, 0.29) is 5.69 Å². The van der Waals surface area contributed by atoms with Crippen molar-refractivity contribution in [1.82, 2.24) is 4.90 Å². The fourth-order valence-corrected chi connectivity index (χ4v) is 3.24. The normalized spacial score (nSPS) is 16.6. The average molecular weight is 413 g/mol.